The molecule has 4 aromatic rings. The number of hydrogen-bond donors (Lipinski definition) is 2. The van der Waals surface area contributed by atoms with Crippen molar-refractivity contribution in [1.29, 1.82) is 0 Å². The van der Waals surface area contributed by atoms with Crippen molar-refractivity contribution in [2.24, 2.45) is 0 Å². The van der Waals surface area contributed by atoms with E-state index in [0.29, 0.717) is 16.9 Å². The molecule has 0 aliphatic heterocycles. The molecule has 1 heterocycles. The van der Waals surface area contributed by atoms with Crippen molar-refractivity contribution < 1.29 is 27.5 Å². The van der Waals surface area contributed by atoms with Crippen LogP contribution in [0, 0.1) is 0 Å². The Hall–Kier alpha value is -3.43. The fraction of sp³-hybridized carbons (Fsp3) is 0.0909. The molecule has 0 atom stereocenters. The zero-order valence-corrected chi connectivity index (χ0v) is 18.3. The van der Waals surface area contributed by atoms with Crippen LogP contribution in [-0.4, -0.2) is 23.0 Å². The summed E-state index contributed by atoms with van der Waals surface area (Å²) in [7, 11) is 1.44. The molecule has 0 saturated carbocycles. The highest BCUT2D eigenvalue weighted by molar-refractivity contribution is 6.37. The third kappa shape index (κ3) is 4.55. The van der Waals surface area contributed by atoms with Crippen LogP contribution in [0.2, 0.25) is 10.0 Å². The van der Waals surface area contributed by atoms with Crippen LogP contribution in [0.3, 0.4) is 0 Å². The number of phenolic OH excluding ortho intramolecular Hbond substituents is 1. The smallest absolute Gasteiger partial charge is 0.418 e. The topological polar surface area (TPSA) is 78.6 Å². The third-order valence-corrected chi connectivity index (χ3v) is 5.35. The summed E-state index contributed by atoms with van der Waals surface area (Å²) in [6.07, 6.45) is -4.52. The SMILES string of the molecule is CN(C(=O)c1nc2ccc(Nc3ccccc3C(F)(F)F)cc2o1)c1cc(Cl)c(O)c(Cl)c1. The van der Waals surface area contributed by atoms with Crippen molar-refractivity contribution in [2.75, 3.05) is 17.3 Å². The standard InChI is InChI=1S/C22H14Cl2F3N3O3/c1-30(12-9-14(23)19(31)15(24)10-12)21(32)20-29-17-7-6-11(8-18(17)33-20)28-16-5-3-2-4-13(16)22(25,26)27/h2-10,28,31H,1H3. The number of oxazole rings is 1. The van der Waals surface area contributed by atoms with Gasteiger partial charge in [-0.25, -0.2) is 4.98 Å². The van der Waals surface area contributed by atoms with Crippen molar-refractivity contribution in [1.82, 2.24) is 4.98 Å². The predicted molar refractivity (Wildman–Crippen MR) is 120 cm³/mol. The van der Waals surface area contributed by atoms with Crippen molar-refractivity contribution in [3.05, 3.63) is 76.1 Å². The van der Waals surface area contributed by atoms with Crippen LogP contribution in [0.5, 0.6) is 5.75 Å². The predicted octanol–water partition coefficient (Wildman–Crippen LogP) is 6.88. The Bertz CT molecular complexity index is 1350. The Kier molecular flexibility index (Phi) is 5.85. The summed E-state index contributed by atoms with van der Waals surface area (Å²) < 4.78 is 45.3. The second-order valence-electron chi connectivity index (χ2n) is 6.99. The maximum atomic E-state index is 13.2. The number of nitrogens with zero attached hydrogens (tertiary/aromatic N) is 2. The van der Waals surface area contributed by atoms with E-state index in [-0.39, 0.29) is 33.0 Å². The minimum atomic E-state index is -4.52. The Morgan fingerprint density at radius 3 is 2.42 bits per heavy atom. The lowest BCUT2D eigenvalue weighted by Gasteiger charge is -2.16. The maximum absolute atomic E-state index is 13.2. The second kappa shape index (κ2) is 8.49. The molecule has 1 aromatic heterocycles. The molecule has 0 unspecified atom stereocenters. The van der Waals surface area contributed by atoms with E-state index in [0.717, 1.165) is 6.07 Å². The molecule has 1 amide bonds. The average Bonchev–Trinajstić information content (AvgIpc) is 3.19. The van der Waals surface area contributed by atoms with Crippen LogP contribution in [0.15, 0.2) is 59.0 Å². The number of carbonyl (C=O) groups excluding carboxylic acids is 1. The maximum Gasteiger partial charge on any atom is 0.418 e. The van der Waals surface area contributed by atoms with Gasteiger partial charge < -0.3 is 19.7 Å². The number of aromatic nitrogens is 1. The molecule has 0 spiro atoms. The lowest BCUT2D eigenvalue weighted by molar-refractivity contribution is -0.136. The summed E-state index contributed by atoms with van der Waals surface area (Å²) in [5.74, 6) is -1.18. The fourth-order valence-corrected chi connectivity index (χ4v) is 3.57. The summed E-state index contributed by atoms with van der Waals surface area (Å²) in [5.41, 5.74) is 0.208. The van der Waals surface area contributed by atoms with Crippen molar-refractivity contribution in [3.8, 4) is 5.75 Å². The second-order valence-corrected chi connectivity index (χ2v) is 7.81. The lowest BCUT2D eigenvalue weighted by atomic mass is 10.1. The first-order valence-corrected chi connectivity index (χ1v) is 10.1. The number of fused-ring (bicyclic) bond motifs is 1. The molecule has 3 aromatic carbocycles. The van der Waals surface area contributed by atoms with E-state index < -0.39 is 17.6 Å². The van der Waals surface area contributed by atoms with Crippen molar-refractivity contribution in [2.45, 2.75) is 6.18 Å². The van der Waals surface area contributed by atoms with Gasteiger partial charge in [-0.3, -0.25) is 4.79 Å². The first kappa shape index (κ1) is 22.8. The normalized spacial score (nSPS) is 11.6. The van der Waals surface area contributed by atoms with E-state index >= 15 is 0 Å². The van der Waals surface area contributed by atoms with Crippen LogP contribution >= 0.6 is 23.2 Å². The van der Waals surface area contributed by atoms with Gasteiger partial charge in [-0.2, -0.15) is 13.2 Å². The first-order valence-electron chi connectivity index (χ1n) is 9.34. The molecule has 11 heteroatoms. The number of halogens is 5. The number of aromatic hydroxyl groups is 1. The average molecular weight is 496 g/mol. The molecule has 4 rings (SSSR count). The summed E-state index contributed by atoms with van der Waals surface area (Å²) in [6.45, 7) is 0. The van der Waals surface area contributed by atoms with Crippen LogP contribution in [0.25, 0.3) is 11.1 Å². The van der Waals surface area contributed by atoms with E-state index in [1.54, 1.807) is 0 Å². The van der Waals surface area contributed by atoms with Gasteiger partial charge in [0.05, 0.1) is 21.3 Å². The Morgan fingerprint density at radius 2 is 1.76 bits per heavy atom. The molecule has 2 N–H and O–H groups in total. The molecule has 0 radical (unpaired) electrons. The molecule has 33 heavy (non-hydrogen) atoms. The number of alkyl halides is 3. The van der Waals surface area contributed by atoms with Crippen LogP contribution in [0.1, 0.15) is 16.2 Å². The highest BCUT2D eigenvalue weighted by Crippen LogP contribution is 2.37. The van der Waals surface area contributed by atoms with Crippen LogP contribution in [0.4, 0.5) is 30.2 Å². The van der Waals surface area contributed by atoms with Gasteiger partial charge in [0.15, 0.2) is 11.3 Å². The summed E-state index contributed by atoms with van der Waals surface area (Å²) in [6, 6.07) is 12.3. The number of hydrogen-bond acceptors (Lipinski definition) is 5. The van der Waals surface area contributed by atoms with Gasteiger partial charge in [-0.15, -0.1) is 0 Å². The number of rotatable bonds is 4. The zero-order chi connectivity index (χ0) is 23.9. The van der Waals surface area contributed by atoms with E-state index in [2.05, 4.69) is 10.3 Å². The van der Waals surface area contributed by atoms with E-state index in [4.69, 9.17) is 27.6 Å². The summed E-state index contributed by atoms with van der Waals surface area (Å²) >= 11 is 11.8. The van der Waals surface area contributed by atoms with Gasteiger partial charge in [-0.1, -0.05) is 35.3 Å². The number of benzene rings is 3. The lowest BCUT2D eigenvalue weighted by Crippen LogP contribution is -2.26. The molecule has 170 valence electrons. The number of nitrogens with one attached hydrogen (secondary N) is 1. The highest BCUT2D eigenvalue weighted by atomic mass is 35.5. The van der Waals surface area contributed by atoms with Gasteiger partial charge in [0.25, 0.3) is 5.89 Å². The third-order valence-electron chi connectivity index (χ3n) is 4.78. The van der Waals surface area contributed by atoms with Gasteiger partial charge in [0.1, 0.15) is 5.52 Å². The van der Waals surface area contributed by atoms with Crippen LogP contribution in [-0.2, 0) is 6.18 Å². The number of para-hydroxylation sites is 1. The van der Waals surface area contributed by atoms with Crippen molar-refractivity contribution >= 4 is 57.3 Å². The quantitative estimate of drug-likeness (QED) is 0.322. The molecule has 0 saturated heterocycles. The molecular formula is C22H14Cl2F3N3O3. The Labute approximate surface area is 195 Å². The largest absolute Gasteiger partial charge is 0.505 e. The molecule has 6 nitrogen and oxygen atoms in total. The minimum Gasteiger partial charge on any atom is -0.505 e. The van der Waals surface area contributed by atoms with E-state index in [1.807, 2.05) is 0 Å². The number of phenols is 1. The van der Waals surface area contributed by atoms with Gasteiger partial charge in [0, 0.05) is 24.5 Å². The molecule has 0 fully saturated rings. The highest BCUT2D eigenvalue weighted by Gasteiger charge is 2.33. The monoisotopic (exact) mass is 495 g/mol. The number of anilines is 3. The Balaban J connectivity index is 1.62. The van der Waals surface area contributed by atoms with Crippen molar-refractivity contribution in [3.63, 3.8) is 0 Å². The van der Waals surface area contributed by atoms with Gasteiger partial charge in [-0.05, 0) is 36.4 Å². The van der Waals surface area contributed by atoms with E-state index in [1.165, 1.54) is 60.5 Å². The van der Waals surface area contributed by atoms with Gasteiger partial charge in [0.2, 0.25) is 0 Å². The molecule has 0 bridgehead atoms. The van der Waals surface area contributed by atoms with Crippen LogP contribution < -0.4 is 10.2 Å². The van der Waals surface area contributed by atoms with E-state index in [9.17, 15) is 23.1 Å². The van der Waals surface area contributed by atoms with Gasteiger partial charge >= 0.3 is 12.1 Å². The zero-order valence-electron chi connectivity index (χ0n) is 16.7. The first-order chi connectivity index (χ1) is 15.5. The fourth-order valence-electron chi connectivity index (χ4n) is 3.10. The molecule has 0 aliphatic rings. The molecule has 0 aliphatic carbocycles. The summed E-state index contributed by atoms with van der Waals surface area (Å²) in [5, 5.41) is 12.3. The minimum absolute atomic E-state index is 0.0374. The number of carbonyl (C=O) groups is 1. The molecular weight excluding hydrogens is 482 g/mol. The summed E-state index contributed by atoms with van der Waals surface area (Å²) in [4.78, 5) is 18.2. The number of amides is 1. The Morgan fingerprint density at radius 1 is 1.09 bits per heavy atom.